The van der Waals surface area contributed by atoms with Crippen LogP contribution >= 0.6 is 11.6 Å². The van der Waals surface area contributed by atoms with E-state index in [0.29, 0.717) is 10.9 Å². The maximum Gasteiger partial charge on any atom is 0.0889 e. The van der Waals surface area contributed by atoms with Crippen LogP contribution in [0.15, 0.2) is 61.1 Å². The molecule has 0 bridgehead atoms. The second-order valence-electron chi connectivity index (χ2n) is 6.73. The second-order valence-corrected chi connectivity index (χ2v) is 7.17. The van der Waals surface area contributed by atoms with Gasteiger partial charge in [-0.15, -0.1) is 0 Å². The molecule has 0 saturated carbocycles. The Labute approximate surface area is 158 Å². The molecule has 1 atom stereocenters. The number of pyridine rings is 1. The van der Waals surface area contributed by atoms with Crippen molar-refractivity contribution in [3.63, 3.8) is 0 Å². The summed E-state index contributed by atoms with van der Waals surface area (Å²) in [6.07, 6.45) is 7.89. The minimum Gasteiger partial charge on any atom is -0.297 e. The molecule has 1 unspecified atom stereocenters. The molecule has 4 nitrogen and oxygen atoms in total. The van der Waals surface area contributed by atoms with Gasteiger partial charge in [0.05, 0.1) is 23.3 Å². The van der Waals surface area contributed by atoms with Crippen LogP contribution in [0.1, 0.15) is 30.1 Å². The Morgan fingerprint density at radius 3 is 2.92 bits per heavy atom. The summed E-state index contributed by atoms with van der Waals surface area (Å²) >= 11 is 6.12. The van der Waals surface area contributed by atoms with Gasteiger partial charge in [-0.1, -0.05) is 29.8 Å². The number of rotatable bonds is 4. The maximum absolute atomic E-state index is 6.12. The van der Waals surface area contributed by atoms with E-state index in [2.05, 4.69) is 20.9 Å². The van der Waals surface area contributed by atoms with Crippen molar-refractivity contribution >= 4 is 11.6 Å². The van der Waals surface area contributed by atoms with Crippen molar-refractivity contribution in [3.8, 4) is 11.3 Å². The Morgan fingerprint density at radius 2 is 2.08 bits per heavy atom. The molecule has 1 aromatic carbocycles. The highest BCUT2D eigenvalue weighted by molar-refractivity contribution is 6.30. The van der Waals surface area contributed by atoms with E-state index >= 15 is 0 Å². The highest BCUT2D eigenvalue weighted by Gasteiger charge is 2.23. The lowest BCUT2D eigenvalue weighted by Crippen LogP contribution is -2.34. The van der Waals surface area contributed by atoms with Crippen LogP contribution in [0.25, 0.3) is 11.3 Å². The summed E-state index contributed by atoms with van der Waals surface area (Å²) in [7, 11) is 0. The SMILES string of the molecule is Clc1cccc(-c2cncc(C3CCCN(Cc4ccccn4)C3)n2)c1. The molecule has 3 heterocycles. The van der Waals surface area contributed by atoms with Gasteiger partial charge in [0.25, 0.3) is 0 Å². The average Bonchev–Trinajstić information content (AvgIpc) is 2.69. The smallest absolute Gasteiger partial charge is 0.0889 e. The molecular weight excluding hydrogens is 344 g/mol. The summed E-state index contributed by atoms with van der Waals surface area (Å²) in [6, 6.07) is 13.9. The molecule has 1 saturated heterocycles. The Balaban J connectivity index is 1.51. The summed E-state index contributed by atoms with van der Waals surface area (Å²) in [5.41, 5.74) is 4.07. The van der Waals surface area contributed by atoms with Crippen LogP contribution in [0.5, 0.6) is 0 Å². The van der Waals surface area contributed by atoms with E-state index in [1.165, 1.54) is 6.42 Å². The maximum atomic E-state index is 6.12. The predicted molar refractivity (Wildman–Crippen MR) is 104 cm³/mol. The van der Waals surface area contributed by atoms with Crippen molar-refractivity contribution in [3.05, 3.63) is 77.5 Å². The molecule has 5 heteroatoms. The van der Waals surface area contributed by atoms with Gasteiger partial charge >= 0.3 is 0 Å². The zero-order chi connectivity index (χ0) is 17.8. The molecule has 132 valence electrons. The third kappa shape index (κ3) is 4.09. The van der Waals surface area contributed by atoms with Gasteiger partial charge in [0.1, 0.15) is 0 Å². The molecule has 0 amide bonds. The Kier molecular flexibility index (Phi) is 5.23. The molecule has 26 heavy (non-hydrogen) atoms. The van der Waals surface area contributed by atoms with Crippen molar-refractivity contribution in [2.24, 2.45) is 0 Å². The van der Waals surface area contributed by atoms with Gasteiger partial charge in [-0.25, -0.2) is 4.98 Å². The number of hydrogen-bond acceptors (Lipinski definition) is 4. The number of nitrogens with zero attached hydrogens (tertiary/aromatic N) is 4. The third-order valence-corrected chi connectivity index (χ3v) is 5.04. The van der Waals surface area contributed by atoms with E-state index in [-0.39, 0.29) is 0 Å². The van der Waals surface area contributed by atoms with Gasteiger partial charge in [-0.3, -0.25) is 14.9 Å². The van der Waals surface area contributed by atoms with E-state index in [1.54, 1.807) is 0 Å². The van der Waals surface area contributed by atoms with Crippen molar-refractivity contribution in [2.75, 3.05) is 13.1 Å². The van der Waals surface area contributed by atoms with Gasteiger partial charge < -0.3 is 0 Å². The molecule has 3 aromatic rings. The highest BCUT2D eigenvalue weighted by atomic mass is 35.5. The standard InChI is InChI=1S/C21H21ClN4/c22-18-7-3-5-16(11-18)20-12-23-13-21(25-20)17-6-4-10-26(14-17)15-19-8-1-2-9-24-19/h1-3,5,7-9,11-13,17H,4,6,10,14-15H2. The summed E-state index contributed by atoms with van der Waals surface area (Å²) in [6.45, 7) is 2.98. The van der Waals surface area contributed by atoms with Gasteiger partial charge in [0.2, 0.25) is 0 Å². The molecule has 0 aliphatic carbocycles. The Morgan fingerprint density at radius 1 is 1.12 bits per heavy atom. The Hall–Kier alpha value is -2.30. The van der Waals surface area contributed by atoms with Gasteiger partial charge in [0, 0.05) is 42.0 Å². The molecule has 0 N–H and O–H groups in total. The first-order chi connectivity index (χ1) is 12.8. The quantitative estimate of drug-likeness (QED) is 0.680. The first kappa shape index (κ1) is 17.1. The minimum atomic E-state index is 0.402. The van der Waals surface area contributed by atoms with E-state index in [0.717, 1.165) is 48.7 Å². The van der Waals surface area contributed by atoms with E-state index in [4.69, 9.17) is 16.6 Å². The van der Waals surface area contributed by atoms with Crippen LogP contribution < -0.4 is 0 Å². The number of hydrogen-bond donors (Lipinski definition) is 0. The van der Waals surface area contributed by atoms with Crippen molar-refractivity contribution < 1.29 is 0 Å². The fourth-order valence-corrected chi connectivity index (χ4v) is 3.72. The van der Waals surface area contributed by atoms with Crippen molar-refractivity contribution in [1.29, 1.82) is 0 Å². The lowest BCUT2D eigenvalue weighted by Gasteiger charge is -2.32. The van der Waals surface area contributed by atoms with Gasteiger partial charge in [-0.2, -0.15) is 0 Å². The zero-order valence-corrected chi connectivity index (χ0v) is 15.3. The van der Waals surface area contributed by atoms with Crippen LogP contribution in [0.4, 0.5) is 0 Å². The molecule has 0 spiro atoms. The number of piperidine rings is 1. The minimum absolute atomic E-state index is 0.402. The first-order valence-electron chi connectivity index (χ1n) is 8.98. The van der Waals surface area contributed by atoms with E-state index in [1.807, 2.05) is 55.0 Å². The average molecular weight is 365 g/mol. The summed E-state index contributed by atoms with van der Waals surface area (Å²) in [5, 5.41) is 0.717. The summed E-state index contributed by atoms with van der Waals surface area (Å²) in [4.78, 5) is 16.2. The fourth-order valence-electron chi connectivity index (χ4n) is 3.53. The molecule has 0 radical (unpaired) electrons. The fraction of sp³-hybridized carbons (Fsp3) is 0.286. The third-order valence-electron chi connectivity index (χ3n) is 4.81. The largest absolute Gasteiger partial charge is 0.297 e. The lowest BCUT2D eigenvalue weighted by molar-refractivity contribution is 0.196. The zero-order valence-electron chi connectivity index (χ0n) is 14.6. The molecular formula is C21H21ClN4. The molecule has 4 rings (SSSR count). The summed E-state index contributed by atoms with van der Waals surface area (Å²) < 4.78 is 0. The van der Waals surface area contributed by atoms with Crippen molar-refractivity contribution in [2.45, 2.75) is 25.3 Å². The molecule has 1 aliphatic rings. The van der Waals surface area contributed by atoms with Crippen LogP contribution in [0.2, 0.25) is 5.02 Å². The van der Waals surface area contributed by atoms with E-state index < -0.39 is 0 Å². The van der Waals surface area contributed by atoms with Gasteiger partial charge in [0.15, 0.2) is 0 Å². The molecule has 1 fully saturated rings. The summed E-state index contributed by atoms with van der Waals surface area (Å²) in [5.74, 6) is 0.402. The monoisotopic (exact) mass is 364 g/mol. The second kappa shape index (κ2) is 7.94. The van der Waals surface area contributed by atoms with Gasteiger partial charge in [-0.05, 0) is 43.7 Å². The van der Waals surface area contributed by atoms with Crippen LogP contribution in [-0.2, 0) is 6.54 Å². The normalized spacial score (nSPS) is 18.0. The molecule has 1 aliphatic heterocycles. The Bertz CT molecular complexity index is 869. The van der Waals surface area contributed by atoms with Crippen LogP contribution in [0, 0.1) is 0 Å². The van der Waals surface area contributed by atoms with Crippen LogP contribution in [0.3, 0.4) is 0 Å². The molecule has 2 aromatic heterocycles. The topological polar surface area (TPSA) is 41.9 Å². The number of likely N-dealkylation sites (tertiary alicyclic amines) is 1. The van der Waals surface area contributed by atoms with Crippen molar-refractivity contribution in [1.82, 2.24) is 19.9 Å². The lowest BCUT2D eigenvalue weighted by atomic mass is 9.94. The number of benzene rings is 1. The van der Waals surface area contributed by atoms with E-state index in [9.17, 15) is 0 Å². The van der Waals surface area contributed by atoms with Crippen LogP contribution in [-0.4, -0.2) is 32.9 Å². The number of aromatic nitrogens is 3. The first-order valence-corrected chi connectivity index (χ1v) is 9.36. The highest BCUT2D eigenvalue weighted by Crippen LogP contribution is 2.28. The number of halogens is 1. The predicted octanol–water partition coefficient (Wildman–Crippen LogP) is 4.57.